The second-order valence-corrected chi connectivity index (χ2v) is 4.55. The predicted molar refractivity (Wildman–Crippen MR) is 49.5 cm³/mol. The summed E-state index contributed by atoms with van der Waals surface area (Å²) in [6, 6.07) is 0.551. The van der Waals surface area contributed by atoms with Crippen LogP contribution in [0.3, 0.4) is 0 Å². The van der Waals surface area contributed by atoms with E-state index in [4.69, 9.17) is 5.11 Å². The molecule has 0 radical (unpaired) electrons. The molecular formula is C10H17NO2. The molecule has 0 aromatic carbocycles. The average Bonchev–Trinajstić information content (AvgIpc) is 2.62. The van der Waals surface area contributed by atoms with Crippen molar-refractivity contribution in [3.63, 3.8) is 0 Å². The molecule has 13 heavy (non-hydrogen) atoms. The number of hydrogen-bond acceptors (Lipinski definition) is 2. The molecule has 2 aliphatic rings. The highest BCUT2D eigenvalue weighted by molar-refractivity contribution is 5.69. The van der Waals surface area contributed by atoms with Crippen molar-refractivity contribution in [2.75, 3.05) is 13.6 Å². The molecule has 2 aliphatic carbocycles. The zero-order valence-electron chi connectivity index (χ0n) is 8.07. The number of carbonyl (C=O) groups is 1. The lowest BCUT2D eigenvalue weighted by Gasteiger charge is -2.30. The predicted octanol–water partition coefficient (Wildman–Crippen LogP) is 1.19. The van der Waals surface area contributed by atoms with Crippen LogP contribution in [0.15, 0.2) is 0 Å². The fraction of sp³-hybridized carbons (Fsp3) is 0.900. The Bertz CT molecular complexity index is 217. The van der Waals surface area contributed by atoms with E-state index in [-0.39, 0.29) is 6.54 Å². The van der Waals surface area contributed by atoms with E-state index in [1.54, 1.807) is 0 Å². The summed E-state index contributed by atoms with van der Waals surface area (Å²) in [5, 5.41) is 8.67. The Hall–Kier alpha value is -0.570. The minimum absolute atomic E-state index is 0.202. The second kappa shape index (κ2) is 3.29. The molecular weight excluding hydrogens is 166 g/mol. The van der Waals surface area contributed by atoms with Gasteiger partial charge in [0.15, 0.2) is 0 Å². The lowest BCUT2D eigenvalue weighted by Crippen LogP contribution is -2.39. The molecule has 74 valence electrons. The minimum Gasteiger partial charge on any atom is -0.480 e. The molecule has 2 bridgehead atoms. The maximum absolute atomic E-state index is 10.5. The number of likely N-dealkylation sites (N-methyl/N-ethyl adjacent to an activating group) is 1. The SMILES string of the molecule is CN(CC(=O)O)C1CC2CCC1C2. The fourth-order valence-electron chi connectivity index (χ4n) is 3.08. The molecule has 3 atom stereocenters. The second-order valence-electron chi connectivity index (χ2n) is 4.55. The number of hydrogen-bond donors (Lipinski definition) is 1. The Morgan fingerprint density at radius 1 is 1.46 bits per heavy atom. The van der Waals surface area contributed by atoms with Gasteiger partial charge < -0.3 is 5.11 Å². The van der Waals surface area contributed by atoms with Crippen molar-refractivity contribution in [1.82, 2.24) is 4.90 Å². The van der Waals surface area contributed by atoms with Gasteiger partial charge in [-0.2, -0.15) is 0 Å². The molecule has 2 fully saturated rings. The van der Waals surface area contributed by atoms with Crippen molar-refractivity contribution >= 4 is 5.97 Å². The molecule has 0 aromatic heterocycles. The highest BCUT2D eigenvalue weighted by Gasteiger charge is 2.41. The van der Waals surface area contributed by atoms with Crippen LogP contribution >= 0.6 is 0 Å². The molecule has 2 rings (SSSR count). The number of carboxylic acids is 1. The lowest BCUT2D eigenvalue weighted by molar-refractivity contribution is -0.138. The van der Waals surface area contributed by atoms with Crippen LogP contribution in [0, 0.1) is 11.8 Å². The minimum atomic E-state index is -0.703. The molecule has 0 spiro atoms. The quantitative estimate of drug-likeness (QED) is 0.714. The summed E-state index contributed by atoms with van der Waals surface area (Å²) in [6.45, 7) is 0.202. The van der Waals surface area contributed by atoms with E-state index in [9.17, 15) is 4.79 Å². The third kappa shape index (κ3) is 1.70. The Labute approximate surface area is 78.7 Å². The van der Waals surface area contributed by atoms with Gasteiger partial charge in [0.1, 0.15) is 0 Å². The number of rotatable bonds is 3. The molecule has 0 heterocycles. The fourth-order valence-corrected chi connectivity index (χ4v) is 3.08. The molecule has 0 aliphatic heterocycles. The largest absolute Gasteiger partial charge is 0.480 e. The van der Waals surface area contributed by atoms with Crippen molar-refractivity contribution in [2.24, 2.45) is 11.8 Å². The van der Waals surface area contributed by atoms with Gasteiger partial charge in [-0.25, -0.2) is 0 Å². The summed E-state index contributed by atoms with van der Waals surface area (Å²) in [4.78, 5) is 12.6. The van der Waals surface area contributed by atoms with Gasteiger partial charge in [-0.15, -0.1) is 0 Å². The van der Waals surface area contributed by atoms with Crippen molar-refractivity contribution < 1.29 is 9.90 Å². The first-order valence-corrected chi connectivity index (χ1v) is 5.09. The van der Waals surface area contributed by atoms with E-state index in [0.717, 1.165) is 11.8 Å². The van der Waals surface area contributed by atoms with E-state index >= 15 is 0 Å². The van der Waals surface area contributed by atoms with Gasteiger partial charge in [0.05, 0.1) is 6.54 Å². The first kappa shape index (κ1) is 9.00. The number of fused-ring (bicyclic) bond motifs is 2. The normalized spacial score (nSPS) is 37.2. The van der Waals surface area contributed by atoms with Crippen molar-refractivity contribution in [1.29, 1.82) is 0 Å². The third-order valence-corrected chi connectivity index (χ3v) is 3.65. The highest BCUT2D eigenvalue weighted by atomic mass is 16.4. The Kier molecular flexibility index (Phi) is 2.28. The number of nitrogens with zero attached hydrogens (tertiary/aromatic N) is 1. The summed E-state index contributed by atoms with van der Waals surface area (Å²) in [5.41, 5.74) is 0. The molecule has 2 saturated carbocycles. The van der Waals surface area contributed by atoms with Crippen LogP contribution in [-0.4, -0.2) is 35.6 Å². The molecule has 0 saturated heterocycles. The van der Waals surface area contributed by atoms with Crippen LogP contribution in [-0.2, 0) is 4.79 Å². The maximum Gasteiger partial charge on any atom is 0.317 e. The summed E-state index contributed by atoms with van der Waals surface area (Å²) in [6.07, 6.45) is 5.27. The van der Waals surface area contributed by atoms with Gasteiger partial charge in [-0.3, -0.25) is 9.69 Å². The average molecular weight is 183 g/mol. The molecule has 3 nitrogen and oxygen atoms in total. The van der Waals surface area contributed by atoms with Crippen molar-refractivity contribution in [2.45, 2.75) is 31.7 Å². The Morgan fingerprint density at radius 3 is 2.69 bits per heavy atom. The van der Waals surface area contributed by atoms with Crippen molar-refractivity contribution in [3.05, 3.63) is 0 Å². The van der Waals surface area contributed by atoms with Gasteiger partial charge in [-0.1, -0.05) is 6.42 Å². The highest BCUT2D eigenvalue weighted by Crippen LogP contribution is 2.46. The lowest BCUT2D eigenvalue weighted by atomic mass is 9.94. The van der Waals surface area contributed by atoms with E-state index < -0.39 is 5.97 Å². The van der Waals surface area contributed by atoms with E-state index in [2.05, 4.69) is 0 Å². The van der Waals surface area contributed by atoms with E-state index in [1.807, 2.05) is 11.9 Å². The smallest absolute Gasteiger partial charge is 0.317 e. The van der Waals surface area contributed by atoms with Crippen LogP contribution in [0.4, 0.5) is 0 Å². The van der Waals surface area contributed by atoms with Gasteiger partial charge >= 0.3 is 5.97 Å². The van der Waals surface area contributed by atoms with E-state index in [0.29, 0.717) is 6.04 Å². The first-order valence-electron chi connectivity index (χ1n) is 5.09. The van der Waals surface area contributed by atoms with Gasteiger partial charge in [-0.05, 0) is 38.1 Å². The van der Waals surface area contributed by atoms with Crippen LogP contribution < -0.4 is 0 Å². The summed E-state index contributed by atoms with van der Waals surface area (Å²) < 4.78 is 0. The number of aliphatic carboxylic acids is 1. The summed E-state index contributed by atoms with van der Waals surface area (Å²) in [7, 11) is 1.94. The Morgan fingerprint density at radius 2 is 2.23 bits per heavy atom. The summed E-state index contributed by atoms with van der Waals surface area (Å²) >= 11 is 0. The van der Waals surface area contributed by atoms with Gasteiger partial charge in [0.25, 0.3) is 0 Å². The molecule has 1 N–H and O–H groups in total. The van der Waals surface area contributed by atoms with Gasteiger partial charge in [0, 0.05) is 6.04 Å². The summed E-state index contributed by atoms with van der Waals surface area (Å²) in [5.74, 6) is 0.978. The zero-order valence-corrected chi connectivity index (χ0v) is 8.07. The van der Waals surface area contributed by atoms with Crippen molar-refractivity contribution in [3.8, 4) is 0 Å². The topological polar surface area (TPSA) is 40.5 Å². The monoisotopic (exact) mass is 183 g/mol. The molecule has 3 unspecified atom stereocenters. The standard InChI is InChI=1S/C10H17NO2/c1-11(6-10(12)13)9-5-7-2-3-8(9)4-7/h7-9H,2-6H2,1H3,(H,12,13). The third-order valence-electron chi connectivity index (χ3n) is 3.65. The zero-order chi connectivity index (χ0) is 9.42. The molecule has 0 aromatic rings. The van der Waals surface area contributed by atoms with Crippen LogP contribution in [0.2, 0.25) is 0 Å². The Balaban J connectivity index is 1.91. The molecule has 3 heteroatoms. The molecule has 0 amide bonds. The first-order chi connectivity index (χ1) is 6.16. The van der Waals surface area contributed by atoms with E-state index in [1.165, 1.54) is 25.7 Å². The van der Waals surface area contributed by atoms with Gasteiger partial charge in [0.2, 0.25) is 0 Å². The van der Waals surface area contributed by atoms with Crippen LogP contribution in [0.5, 0.6) is 0 Å². The van der Waals surface area contributed by atoms with Crippen LogP contribution in [0.1, 0.15) is 25.7 Å². The van der Waals surface area contributed by atoms with Crippen LogP contribution in [0.25, 0.3) is 0 Å². The number of carboxylic acid groups (broad SMARTS) is 1. The maximum atomic E-state index is 10.5.